The van der Waals surface area contributed by atoms with Crippen molar-refractivity contribution in [1.82, 2.24) is 9.13 Å². The average molecular weight is 1690 g/mol. The summed E-state index contributed by atoms with van der Waals surface area (Å²) in [6.45, 7) is 0. The summed E-state index contributed by atoms with van der Waals surface area (Å²) < 4.78 is 18.5. The van der Waals surface area contributed by atoms with Crippen LogP contribution in [0.4, 0.5) is 28.4 Å². The molecule has 0 fully saturated rings. The van der Waals surface area contributed by atoms with Gasteiger partial charge in [0.1, 0.15) is 22.3 Å². The molecular formula is C120H81BrN4O2. The summed E-state index contributed by atoms with van der Waals surface area (Å²) in [5.74, 6) is 0. The molecule has 0 saturated carbocycles. The second kappa shape index (κ2) is 33.8. The predicted molar refractivity (Wildman–Crippen MR) is 538 cm³/mol. The van der Waals surface area contributed by atoms with E-state index in [0.717, 1.165) is 110 Å². The zero-order valence-corrected chi connectivity index (χ0v) is 70.8. The first-order valence-electron chi connectivity index (χ1n) is 43.0. The van der Waals surface area contributed by atoms with Crippen LogP contribution in [-0.2, 0) is 0 Å². The van der Waals surface area contributed by atoms with Crippen molar-refractivity contribution in [2.45, 2.75) is 0 Å². The maximum absolute atomic E-state index is 6.44. The molecule has 1 N–H and O–H groups in total. The smallest absolute Gasteiger partial charge is 0.143 e. The number of para-hydroxylation sites is 10. The van der Waals surface area contributed by atoms with E-state index < -0.39 is 0 Å². The fourth-order valence-electron chi connectivity index (χ4n) is 18.2. The minimum absolute atomic E-state index is 0.902. The van der Waals surface area contributed by atoms with E-state index in [1.165, 1.54) is 110 Å². The number of hydrogen-bond donors (Lipinski definition) is 1. The number of nitrogens with one attached hydrogen (secondary N) is 1. The first kappa shape index (κ1) is 76.8. The van der Waals surface area contributed by atoms with Gasteiger partial charge in [0.05, 0.1) is 33.4 Å². The number of fused-ring (bicyclic) bond motifs is 12. The van der Waals surface area contributed by atoms with E-state index >= 15 is 0 Å². The molecule has 0 amide bonds. The third-order valence-electron chi connectivity index (χ3n) is 24.4. The third-order valence-corrected chi connectivity index (χ3v) is 25.0. The Morgan fingerprint density at radius 3 is 0.795 bits per heavy atom. The number of nitrogens with zero attached hydrogens (tertiary/aromatic N) is 3. The van der Waals surface area contributed by atoms with Crippen LogP contribution in [0.2, 0.25) is 0 Å². The molecule has 0 radical (unpaired) electrons. The molecule has 0 aliphatic rings. The molecule has 6 nitrogen and oxygen atoms in total. The van der Waals surface area contributed by atoms with Gasteiger partial charge in [-0.15, -0.1) is 0 Å². The van der Waals surface area contributed by atoms with Crippen molar-refractivity contribution in [2.75, 3.05) is 10.2 Å². The molecule has 0 atom stereocenters. The Balaban J connectivity index is 0.000000125. The number of aromatic nitrogens is 2. The number of benzene rings is 20. The van der Waals surface area contributed by atoms with Crippen LogP contribution in [0.15, 0.2) is 499 Å². The van der Waals surface area contributed by atoms with Crippen molar-refractivity contribution in [3.05, 3.63) is 490 Å². The van der Waals surface area contributed by atoms with Crippen LogP contribution in [-0.4, -0.2) is 9.13 Å². The van der Waals surface area contributed by atoms with Crippen LogP contribution in [0.5, 0.6) is 0 Å². The number of rotatable bonds is 15. The van der Waals surface area contributed by atoms with Gasteiger partial charge in [-0.25, -0.2) is 0 Å². The fourth-order valence-corrected chi connectivity index (χ4v) is 18.5. The first-order valence-corrected chi connectivity index (χ1v) is 43.8. The second-order valence-electron chi connectivity index (χ2n) is 32.0. The highest BCUT2D eigenvalue weighted by molar-refractivity contribution is 9.10. The minimum atomic E-state index is 0.902. The highest BCUT2D eigenvalue weighted by Gasteiger charge is 2.22. The summed E-state index contributed by atoms with van der Waals surface area (Å²) >= 11 is 3.54. The van der Waals surface area contributed by atoms with E-state index in [1.54, 1.807) is 0 Å². The van der Waals surface area contributed by atoms with Crippen molar-refractivity contribution in [2.24, 2.45) is 0 Å². The van der Waals surface area contributed by atoms with Gasteiger partial charge in [0.2, 0.25) is 0 Å². The van der Waals surface area contributed by atoms with Crippen molar-refractivity contribution >= 4 is 132 Å². The van der Waals surface area contributed by atoms with Gasteiger partial charge in [-0.1, -0.05) is 380 Å². The number of anilines is 5. The summed E-state index contributed by atoms with van der Waals surface area (Å²) in [6.07, 6.45) is 0. The van der Waals surface area contributed by atoms with Crippen molar-refractivity contribution < 1.29 is 8.83 Å². The first-order chi connectivity index (χ1) is 62.9. The lowest BCUT2D eigenvalue weighted by molar-refractivity contribution is 0.669. The van der Waals surface area contributed by atoms with E-state index in [4.69, 9.17) is 8.83 Å². The van der Waals surface area contributed by atoms with Crippen molar-refractivity contribution in [3.8, 4) is 100 Å². The van der Waals surface area contributed by atoms with Crippen LogP contribution in [0.1, 0.15) is 0 Å². The summed E-state index contributed by atoms with van der Waals surface area (Å²) in [5, 5.41) is 13.2. The van der Waals surface area contributed by atoms with Gasteiger partial charge in [0, 0.05) is 98.3 Å². The standard InChI is InChI=1S/C60H40N2O.C36H25NO.C24H16BrN/c1-2-13-41(14-3-1)42-25-27-43(28-26-42)44-29-35-47(36-30-44)61(49-39-33-46(34-40-49)51-19-12-20-55-54-18-7-11-24-59(54)63-60(51)55)48-37-31-45(32-38-48)50-15-4-8-21-56(50)62-57-22-9-5-16-52(57)53-17-6-10-23-58(53)62;1-2-7-25(8-3-1)26-13-15-27(16-14-26)28-17-21-30(22-18-28)37-31-23-19-29(20-24-31)32-10-6-11-34-33-9-4-5-12-35(33)38-36(32)34;25-18-15-13-17(14-16-18)19-7-1-4-10-22(19)26-23-11-5-2-8-20(23)21-9-3-6-12-24(21)26/h1-40H;1-24,37H;1-16H. The Labute approximate surface area is 744 Å². The van der Waals surface area contributed by atoms with Crippen LogP contribution < -0.4 is 10.2 Å². The van der Waals surface area contributed by atoms with Crippen LogP contribution in [0.25, 0.3) is 188 Å². The maximum atomic E-state index is 6.44. The Bertz CT molecular complexity index is 7990. The molecule has 20 aromatic carbocycles. The van der Waals surface area contributed by atoms with Gasteiger partial charge in [0.15, 0.2) is 0 Å². The highest BCUT2D eigenvalue weighted by atomic mass is 79.9. The highest BCUT2D eigenvalue weighted by Crippen LogP contribution is 2.45. The largest absolute Gasteiger partial charge is 0.455 e. The molecule has 0 aliphatic heterocycles. The van der Waals surface area contributed by atoms with Crippen LogP contribution in [0.3, 0.4) is 0 Å². The molecule has 24 aromatic rings. The lowest BCUT2D eigenvalue weighted by atomic mass is 9.99. The van der Waals surface area contributed by atoms with E-state index in [9.17, 15) is 0 Å². The second-order valence-corrected chi connectivity index (χ2v) is 32.9. The third kappa shape index (κ3) is 14.9. The fraction of sp³-hybridized carbons (Fsp3) is 0. The molecule has 600 valence electrons. The van der Waals surface area contributed by atoms with E-state index in [1.807, 2.05) is 30.3 Å². The summed E-state index contributed by atoms with van der Waals surface area (Å²) in [7, 11) is 0. The van der Waals surface area contributed by atoms with Gasteiger partial charge in [0.25, 0.3) is 0 Å². The van der Waals surface area contributed by atoms with Gasteiger partial charge in [-0.3, -0.25) is 0 Å². The molecule has 24 rings (SSSR count). The van der Waals surface area contributed by atoms with E-state index in [0.29, 0.717) is 0 Å². The van der Waals surface area contributed by atoms with Crippen molar-refractivity contribution in [3.63, 3.8) is 0 Å². The summed E-state index contributed by atoms with van der Waals surface area (Å²) in [6, 6.07) is 172. The molecule has 0 aliphatic carbocycles. The molecule has 0 unspecified atom stereocenters. The van der Waals surface area contributed by atoms with E-state index in [-0.39, 0.29) is 0 Å². The average Bonchev–Trinajstić information content (AvgIpc) is 1.61. The summed E-state index contributed by atoms with van der Waals surface area (Å²) in [4.78, 5) is 2.34. The Kier molecular flexibility index (Phi) is 20.5. The Morgan fingerprint density at radius 2 is 0.433 bits per heavy atom. The molecule has 0 saturated heterocycles. The van der Waals surface area contributed by atoms with Gasteiger partial charge < -0.3 is 28.2 Å². The van der Waals surface area contributed by atoms with Gasteiger partial charge in [-0.2, -0.15) is 0 Å². The minimum Gasteiger partial charge on any atom is -0.455 e. The zero-order valence-electron chi connectivity index (χ0n) is 69.2. The molecular weight excluding hydrogens is 1610 g/mol. The number of halogens is 1. The SMILES string of the molecule is Brc1ccc(-c2ccccc2-n2c3ccccc3c3ccccc32)cc1.c1ccc(-c2ccc(-c3ccc(N(c4ccc(-c5ccccc5-n5c6ccccc6c6ccccc65)cc4)c4ccc(-c5cccc6c5oc5ccccc56)cc4)cc3)cc2)cc1.c1ccc(-c2ccc(-c3ccc(Nc4ccc(-c5cccc6c5oc5ccccc56)cc4)cc3)cc2)cc1. The van der Waals surface area contributed by atoms with Crippen molar-refractivity contribution in [1.29, 1.82) is 0 Å². The van der Waals surface area contributed by atoms with Crippen LogP contribution in [0, 0.1) is 0 Å². The predicted octanol–water partition coefficient (Wildman–Crippen LogP) is 34.4. The zero-order chi connectivity index (χ0) is 84.5. The Hall–Kier alpha value is -16.3. The lowest BCUT2D eigenvalue weighted by Gasteiger charge is -2.26. The summed E-state index contributed by atoms with van der Waals surface area (Å²) in [5.41, 5.74) is 35.0. The molecule has 0 spiro atoms. The van der Waals surface area contributed by atoms with Gasteiger partial charge in [-0.05, 0) is 188 Å². The monoisotopic (exact) mass is 1690 g/mol. The topological polar surface area (TPSA) is 51.4 Å². The van der Waals surface area contributed by atoms with Crippen LogP contribution >= 0.6 is 15.9 Å². The number of hydrogen-bond acceptors (Lipinski definition) is 4. The molecule has 7 heteroatoms. The molecule has 4 aromatic heterocycles. The van der Waals surface area contributed by atoms with E-state index in [2.05, 4.69) is 490 Å². The molecule has 4 heterocycles. The van der Waals surface area contributed by atoms with Gasteiger partial charge >= 0.3 is 0 Å². The normalized spacial score (nSPS) is 11.3. The maximum Gasteiger partial charge on any atom is 0.143 e. The lowest BCUT2D eigenvalue weighted by Crippen LogP contribution is -2.09. The molecule has 127 heavy (non-hydrogen) atoms. The molecule has 0 bridgehead atoms. The Morgan fingerprint density at radius 1 is 0.189 bits per heavy atom. The number of furan rings is 2. The quantitative estimate of drug-likeness (QED) is 0.111.